The van der Waals surface area contributed by atoms with E-state index < -0.39 is 10.0 Å². The highest BCUT2D eigenvalue weighted by atomic mass is 32.2. The van der Waals surface area contributed by atoms with Gasteiger partial charge in [-0.2, -0.15) is 0 Å². The maximum Gasteiger partial charge on any atom is 0.240 e. The number of nitrogens with one attached hydrogen (secondary N) is 1. The molecule has 2 rings (SSSR count). The van der Waals surface area contributed by atoms with Crippen LogP contribution in [0.3, 0.4) is 0 Å². The molecule has 2 aromatic rings. The summed E-state index contributed by atoms with van der Waals surface area (Å²) >= 11 is 0. The third kappa shape index (κ3) is 4.81. The highest BCUT2D eigenvalue weighted by molar-refractivity contribution is 7.89. The Morgan fingerprint density at radius 2 is 1.83 bits per heavy atom. The van der Waals surface area contributed by atoms with Gasteiger partial charge in [0, 0.05) is 6.04 Å². The summed E-state index contributed by atoms with van der Waals surface area (Å²) in [5.74, 6) is 0.777. The summed E-state index contributed by atoms with van der Waals surface area (Å²) in [5, 5.41) is 0. The molecule has 0 bridgehead atoms. The minimum Gasteiger partial charge on any atom is -0.497 e. The SMILES string of the molecule is CCC(Cc1cccc(OC)c1)NS(=O)(=O)c1ccc(C)cc1. The summed E-state index contributed by atoms with van der Waals surface area (Å²) in [6, 6.07) is 14.4. The average molecular weight is 333 g/mol. The molecule has 0 aliphatic rings. The second kappa shape index (κ2) is 7.62. The van der Waals surface area contributed by atoms with E-state index in [1.807, 2.05) is 38.1 Å². The molecule has 1 unspecified atom stereocenters. The highest BCUT2D eigenvalue weighted by Gasteiger charge is 2.19. The van der Waals surface area contributed by atoms with Crippen molar-refractivity contribution < 1.29 is 13.2 Å². The Morgan fingerprint density at radius 1 is 1.13 bits per heavy atom. The Hall–Kier alpha value is -1.85. The predicted molar refractivity (Wildman–Crippen MR) is 92.3 cm³/mol. The summed E-state index contributed by atoms with van der Waals surface area (Å²) in [7, 11) is -1.88. The molecule has 0 radical (unpaired) electrons. The Bertz CT molecular complexity index is 739. The first-order valence-electron chi connectivity index (χ1n) is 7.66. The van der Waals surface area contributed by atoms with Gasteiger partial charge in [-0.05, 0) is 49.6 Å². The number of rotatable bonds is 7. The predicted octanol–water partition coefficient (Wildman–Crippen LogP) is 3.30. The molecule has 0 spiro atoms. The smallest absolute Gasteiger partial charge is 0.240 e. The van der Waals surface area contributed by atoms with E-state index in [1.54, 1.807) is 31.4 Å². The lowest BCUT2D eigenvalue weighted by molar-refractivity contribution is 0.414. The second-order valence-electron chi connectivity index (χ2n) is 5.60. The van der Waals surface area contributed by atoms with E-state index in [1.165, 1.54) is 0 Å². The molecule has 0 saturated heterocycles. The Balaban J connectivity index is 2.13. The first-order chi connectivity index (χ1) is 10.9. The summed E-state index contributed by atoms with van der Waals surface area (Å²) in [6.07, 6.45) is 1.33. The van der Waals surface area contributed by atoms with E-state index in [0.29, 0.717) is 17.7 Å². The van der Waals surface area contributed by atoms with Gasteiger partial charge in [0.25, 0.3) is 0 Å². The van der Waals surface area contributed by atoms with Gasteiger partial charge in [0.15, 0.2) is 0 Å². The number of hydrogen-bond donors (Lipinski definition) is 1. The number of sulfonamides is 1. The van der Waals surface area contributed by atoms with Crippen molar-refractivity contribution >= 4 is 10.0 Å². The van der Waals surface area contributed by atoms with Crippen LogP contribution < -0.4 is 9.46 Å². The molecule has 0 amide bonds. The van der Waals surface area contributed by atoms with Gasteiger partial charge in [0.2, 0.25) is 10.0 Å². The highest BCUT2D eigenvalue weighted by Crippen LogP contribution is 2.17. The van der Waals surface area contributed by atoms with Gasteiger partial charge >= 0.3 is 0 Å². The second-order valence-corrected chi connectivity index (χ2v) is 7.31. The lowest BCUT2D eigenvalue weighted by Crippen LogP contribution is -2.35. The quantitative estimate of drug-likeness (QED) is 0.846. The first-order valence-corrected chi connectivity index (χ1v) is 9.15. The van der Waals surface area contributed by atoms with E-state index in [0.717, 1.165) is 16.9 Å². The molecule has 5 heteroatoms. The lowest BCUT2D eigenvalue weighted by atomic mass is 10.0. The van der Waals surface area contributed by atoms with Gasteiger partial charge in [0.1, 0.15) is 5.75 Å². The zero-order chi connectivity index (χ0) is 16.9. The molecular formula is C18H23NO3S. The summed E-state index contributed by atoms with van der Waals surface area (Å²) in [4.78, 5) is 0.298. The standard InChI is InChI=1S/C18H23NO3S/c1-4-16(12-15-6-5-7-17(13-15)22-3)19-23(20,21)18-10-8-14(2)9-11-18/h5-11,13,16,19H,4,12H2,1-3H3. The van der Waals surface area contributed by atoms with Crippen molar-refractivity contribution in [3.8, 4) is 5.75 Å². The maximum absolute atomic E-state index is 12.5. The van der Waals surface area contributed by atoms with Crippen LogP contribution in [0.25, 0.3) is 0 Å². The van der Waals surface area contributed by atoms with Crippen LogP contribution in [0.5, 0.6) is 5.75 Å². The molecule has 0 aliphatic carbocycles. The molecule has 124 valence electrons. The third-order valence-electron chi connectivity index (χ3n) is 3.76. The number of benzene rings is 2. The number of hydrogen-bond acceptors (Lipinski definition) is 3. The fourth-order valence-corrected chi connectivity index (χ4v) is 3.68. The van der Waals surface area contributed by atoms with E-state index in [4.69, 9.17) is 4.74 Å². The van der Waals surface area contributed by atoms with E-state index in [2.05, 4.69) is 4.72 Å². The van der Waals surface area contributed by atoms with E-state index in [9.17, 15) is 8.42 Å². The molecule has 0 fully saturated rings. The fourth-order valence-electron chi connectivity index (χ4n) is 2.36. The zero-order valence-corrected chi connectivity index (χ0v) is 14.6. The minimum atomic E-state index is -3.51. The average Bonchev–Trinajstić information content (AvgIpc) is 2.54. The van der Waals surface area contributed by atoms with Gasteiger partial charge < -0.3 is 4.74 Å². The maximum atomic E-state index is 12.5. The Labute approximate surface area is 138 Å². The van der Waals surface area contributed by atoms with E-state index >= 15 is 0 Å². The zero-order valence-electron chi connectivity index (χ0n) is 13.7. The molecule has 0 heterocycles. The van der Waals surface area contributed by atoms with Crippen molar-refractivity contribution in [1.82, 2.24) is 4.72 Å². The first kappa shape index (κ1) is 17.5. The number of methoxy groups -OCH3 is 1. The molecule has 1 atom stereocenters. The topological polar surface area (TPSA) is 55.4 Å². The van der Waals surface area contributed by atoms with Gasteiger partial charge in [-0.3, -0.25) is 0 Å². The molecule has 0 aromatic heterocycles. The normalized spacial score (nSPS) is 12.8. The molecule has 4 nitrogen and oxygen atoms in total. The summed E-state index contributed by atoms with van der Waals surface area (Å²) in [6.45, 7) is 3.91. The summed E-state index contributed by atoms with van der Waals surface area (Å²) in [5.41, 5.74) is 2.08. The number of ether oxygens (including phenoxy) is 1. The fraction of sp³-hybridized carbons (Fsp3) is 0.333. The molecule has 23 heavy (non-hydrogen) atoms. The van der Waals surface area contributed by atoms with Crippen LogP contribution in [0.4, 0.5) is 0 Å². The van der Waals surface area contributed by atoms with Crippen molar-refractivity contribution in [3.63, 3.8) is 0 Å². The van der Waals surface area contributed by atoms with Crippen molar-refractivity contribution in [2.75, 3.05) is 7.11 Å². The van der Waals surface area contributed by atoms with Crippen molar-refractivity contribution in [3.05, 3.63) is 59.7 Å². The molecule has 0 saturated carbocycles. The van der Waals surface area contributed by atoms with E-state index in [-0.39, 0.29) is 6.04 Å². The van der Waals surface area contributed by atoms with Gasteiger partial charge in [-0.25, -0.2) is 13.1 Å². The molecule has 0 aliphatic heterocycles. The molecular weight excluding hydrogens is 310 g/mol. The van der Waals surface area contributed by atoms with Crippen LogP contribution in [0.2, 0.25) is 0 Å². The van der Waals surface area contributed by atoms with Crippen LogP contribution in [0.15, 0.2) is 53.4 Å². The monoisotopic (exact) mass is 333 g/mol. The van der Waals surface area contributed by atoms with Gasteiger partial charge in [-0.1, -0.05) is 36.8 Å². The van der Waals surface area contributed by atoms with Gasteiger partial charge in [0.05, 0.1) is 12.0 Å². The summed E-state index contributed by atoms with van der Waals surface area (Å²) < 4.78 is 33.0. The van der Waals surface area contributed by atoms with Crippen LogP contribution >= 0.6 is 0 Å². The van der Waals surface area contributed by atoms with Crippen molar-refractivity contribution in [2.45, 2.75) is 37.6 Å². The van der Waals surface area contributed by atoms with Crippen molar-refractivity contribution in [2.24, 2.45) is 0 Å². The Morgan fingerprint density at radius 3 is 2.43 bits per heavy atom. The third-order valence-corrected chi connectivity index (χ3v) is 5.30. The van der Waals surface area contributed by atoms with Crippen LogP contribution in [-0.2, 0) is 16.4 Å². The van der Waals surface area contributed by atoms with Crippen LogP contribution in [0, 0.1) is 6.92 Å². The molecule has 1 N–H and O–H groups in total. The van der Waals surface area contributed by atoms with Crippen LogP contribution in [0.1, 0.15) is 24.5 Å². The Kier molecular flexibility index (Phi) is 5.80. The lowest BCUT2D eigenvalue weighted by Gasteiger charge is -2.17. The molecule has 2 aromatic carbocycles. The minimum absolute atomic E-state index is 0.159. The van der Waals surface area contributed by atoms with Crippen LogP contribution in [-0.4, -0.2) is 21.6 Å². The number of aryl methyl sites for hydroxylation is 1. The van der Waals surface area contributed by atoms with Crippen molar-refractivity contribution in [1.29, 1.82) is 0 Å². The van der Waals surface area contributed by atoms with Gasteiger partial charge in [-0.15, -0.1) is 0 Å². The largest absolute Gasteiger partial charge is 0.497 e.